The maximum absolute atomic E-state index is 13.4. The summed E-state index contributed by atoms with van der Waals surface area (Å²) in [5.74, 6) is -3.17. The first kappa shape index (κ1) is 25.4. The van der Waals surface area contributed by atoms with Crippen molar-refractivity contribution in [3.63, 3.8) is 0 Å². The van der Waals surface area contributed by atoms with Gasteiger partial charge in [0.2, 0.25) is 5.91 Å². The molecule has 0 aromatic heterocycles. The van der Waals surface area contributed by atoms with E-state index in [1.807, 2.05) is 0 Å². The molecule has 1 aliphatic rings. The van der Waals surface area contributed by atoms with Crippen LogP contribution in [-0.2, 0) is 15.8 Å². The summed E-state index contributed by atoms with van der Waals surface area (Å²) in [5, 5.41) is 0.734. The molecule has 1 saturated heterocycles. The van der Waals surface area contributed by atoms with E-state index < -0.39 is 47.8 Å². The molecule has 37 heavy (non-hydrogen) atoms. The van der Waals surface area contributed by atoms with Gasteiger partial charge in [-0.1, -0.05) is 36.4 Å². The zero-order chi connectivity index (χ0) is 26.7. The van der Waals surface area contributed by atoms with Crippen LogP contribution in [0, 0.1) is 0 Å². The molecule has 4 amide bonds. The number of halogens is 3. The number of anilines is 1. The van der Waals surface area contributed by atoms with Crippen LogP contribution in [0.1, 0.15) is 32.7 Å². The number of carbonyl (C=O) groups excluding carboxylic acids is 4. The summed E-state index contributed by atoms with van der Waals surface area (Å²) in [7, 11) is 1.35. The first-order chi connectivity index (χ1) is 17.6. The van der Waals surface area contributed by atoms with Crippen LogP contribution in [0.3, 0.4) is 0 Å². The van der Waals surface area contributed by atoms with Gasteiger partial charge in [0.15, 0.2) is 0 Å². The highest BCUT2D eigenvalue weighted by Gasteiger charge is 2.46. The van der Waals surface area contributed by atoms with Gasteiger partial charge in [-0.3, -0.25) is 24.6 Å². The monoisotopic (exact) mass is 511 g/mol. The molecule has 0 saturated carbocycles. The molecule has 0 bridgehead atoms. The number of methoxy groups -OCH3 is 1. The molecular weight excluding hydrogens is 491 g/mol. The molecule has 11 heteroatoms. The van der Waals surface area contributed by atoms with Crippen molar-refractivity contribution >= 4 is 29.3 Å². The van der Waals surface area contributed by atoms with Gasteiger partial charge in [-0.2, -0.15) is 13.2 Å². The number of amides is 4. The van der Waals surface area contributed by atoms with Crippen molar-refractivity contribution in [1.82, 2.24) is 10.4 Å². The van der Waals surface area contributed by atoms with Crippen LogP contribution >= 0.6 is 0 Å². The molecule has 1 unspecified atom stereocenters. The van der Waals surface area contributed by atoms with Crippen molar-refractivity contribution in [3.05, 3.63) is 95.6 Å². The topological polar surface area (TPSA) is 96.0 Å². The van der Waals surface area contributed by atoms with Crippen LogP contribution in [-0.4, -0.2) is 41.8 Å². The zero-order valence-electron chi connectivity index (χ0n) is 19.4. The van der Waals surface area contributed by atoms with Gasteiger partial charge in [0.05, 0.1) is 30.3 Å². The third kappa shape index (κ3) is 5.15. The average molecular weight is 511 g/mol. The average Bonchev–Trinajstić information content (AvgIpc) is 3.19. The van der Waals surface area contributed by atoms with Crippen LogP contribution in [0.25, 0.3) is 0 Å². The highest BCUT2D eigenvalue weighted by molar-refractivity contribution is 6.23. The van der Waals surface area contributed by atoms with Gasteiger partial charge in [0.25, 0.3) is 17.7 Å². The van der Waals surface area contributed by atoms with E-state index in [0.717, 1.165) is 17.1 Å². The van der Waals surface area contributed by atoms with Crippen LogP contribution < -0.4 is 15.1 Å². The number of nitrogens with one attached hydrogen (secondary N) is 1. The van der Waals surface area contributed by atoms with Crippen molar-refractivity contribution in [2.75, 3.05) is 12.0 Å². The van der Waals surface area contributed by atoms with Gasteiger partial charge in [0, 0.05) is 5.56 Å². The minimum absolute atomic E-state index is 0.0577. The second-order valence-corrected chi connectivity index (χ2v) is 8.02. The number of para-hydroxylation sites is 1. The summed E-state index contributed by atoms with van der Waals surface area (Å²) in [6.45, 7) is 0. The fraction of sp³-hybridized carbons (Fsp3) is 0.154. The lowest BCUT2D eigenvalue weighted by atomic mass is 10.1. The fourth-order valence-electron chi connectivity index (χ4n) is 3.90. The summed E-state index contributed by atoms with van der Waals surface area (Å²) in [5.41, 5.74) is 1.22. The van der Waals surface area contributed by atoms with E-state index in [-0.39, 0.29) is 22.6 Å². The number of carbonyl (C=O) groups is 4. The summed E-state index contributed by atoms with van der Waals surface area (Å²) in [6, 6.07) is 16.1. The number of imide groups is 1. The number of alkyl halides is 3. The van der Waals surface area contributed by atoms with Crippen molar-refractivity contribution in [2.24, 2.45) is 0 Å². The summed E-state index contributed by atoms with van der Waals surface area (Å²) < 4.78 is 44.8. The number of nitrogens with zero attached hydrogens (tertiary/aromatic N) is 2. The Bertz CT molecular complexity index is 1360. The van der Waals surface area contributed by atoms with Crippen LogP contribution in [0.4, 0.5) is 18.9 Å². The Labute approximate surface area is 209 Å². The Hall–Kier alpha value is -4.67. The van der Waals surface area contributed by atoms with Crippen molar-refractivity contribution in [1.29, 1.82) is 0 Å². The Morgan fingerprint density at radius 2 is 1.65 bits per heavy atom. The standard InChI is InChI=1S/C26H20F3N3O5/c1-37-21-13-6-5-12-19(21)23(34)30-32(24(35)16-8-3-2-4-9-16)20-15-22(33)31(25(20)36)18-11-7-10-17(14-18)26(27,28)29/h2-14,20H,15H2,1H3,(H,30,34). The number of hydrazine groups is 1. The third-order valence-corrected chi connectivity index (χ3v) is 5.68. The predicted molar refractivity (Wildman–Crippen MR) is 125 cm³/mol. The second kappa shape index (κ2) is 10.1. The number of hydrogen-bond acceptors (Lipinski definition) is 5. The smallest absolute Gasteiger partial charge is 0.416 e. The number of hydrogen-bond donors (Lipinski definition) is 1. The molecule has 1 fully saturated rings. The van der Waals surface area contributed by atoms with Crippen molar-refractivity contribution in [3.8, 4) is 5.75 Å². The second-order valence-electron chi connectivity index (χ2n) is 8.02. The maximum Gasteiger partial charge on any atom is 0.416 e. The Balaban J connectivity index is 1.70. The van der Waals surface area contributed by atoms with Gasteiger partial charge >= 0.3 is 6.18 Å². The minimum Gasteiger partial charge on any atom is -0.496 e. The number of benzene rings is 3. The largest absolute Gasteiger partial charge is 0.496 e. The van der Waals surface area contributed by atoms with E-state index in [9.17, 15) is 32.3 Å². The van der Waals surface area contributed by atoms with E-state index >= 15 is 0 Å². The quantitative estimate of drug-likeness (QED) is 0.415. The molecule has 3 aromatic carbocycles. The highest BCUT2D eigenvalue weighted by Crippen LogP contribution is 2.33. The fourth-order valence-corrected chi connectivity index (χ4v) is 3.90. The lowest BCUT2D eigenvalue weighted by molar-refractivity contribution is -0.137. The molecule has 0 radical (unpaired) electrons. The molecule has 1 aliphatic heterocycles. The zero-order valence-corrected chi connectivity index (χ0v) is 19.4. The van der Waals surface area contributed by atoms with E-state index in [1.54, 1.807) is 30.3 Å². The molecule has 190 valence electrons. The first-order valence-electron chi connectivity index (χ1n) is 11.0. The lowest BCUT2D eigenvalue weighted by Crippen LogP contribution is -2.54. The summed E-state index contributed by atoms with van der Waals surface area (Å²) >= 11 is 0. The Morgan fingerprint density at radius 1 is 0.973 bits per heavy atom. The van der Waals surface area contributed by atoms with Crippen LogP contribution in [0.15, 0.2) is 78.9 Å². The van der Waals surface area contributed by atoms with Gasteiger partial charge in [-0.05, 0) is 42.5 Å². The normalized spacial score (nSPS) is 15.5. The summed E-state index contributed by atoms with van der Waals surface area (Å²) in [6.07, 6.45) is -5.25. The third-order valence-electron chi connectivity index (χ3n) is 5.68. The molecule has 1 atom stereocenters. The van der Waals surface area contributed by atoms with E-state index in [2.05, 4.69) is 5.43 Å². The molecule has 0 aliphatic carbocycles. The lowest BCUT2D eigenvalue weighted by Gasteiger charge is -2.28. The SMILES string of the molecule is COc1ccccc1C(=O)NN(C(=O)c1ccccc1)C1CC(=O)N(c2cccc(C(F)(F)F)c2)C1=O. The molecule has 3 aromatic rings. The van der Waals surface area contributed by atoms with E-state index in [1.165, 1.54) is 37.4 Å². The van der Waals surface area contributed by atoms with Gasteiger partial charge in [0.1, 0.15) is 11.8 Å². The Kier molecular flexibility index (Phi) is 6.96. The van der Waals surface area contributed by atoms with E-state index in [0.29, 0.717) is 11.0 Å². The molecule has 4 rings (SSSR count). The van der Waals surface area contributed by atoms with Gasteiger partial charge < -0.3 is 4.74 Å². The summed E-state index contributed by atoms with van der Waals surface area (Å²) in [4.78, 5) is 53.2. The van der Waals surface area contributed by atoms with Crippen LogP contribution in [0.5, 0.6) is 5.75 Å². The maximum atomic E-state index is 13.4. The molecular formula is C26H20F3N3O5. The number of ether oxygens (including phenoxy) is 1. The molecule has 1 heterocycles. The van der Waals surface area contributed by atoms with Crippen molar-refractivity contribution < 1.29 is 37.1 Å². The van der Waals surface area contributed by atoms with Gasteiger partial charge in [-0.15, -0.1) is 0 Å². The molecule has 1 N–H and O–H groups in total. The highest BCUT2D eigenvalue weighted by atomic mass is 19.4. The Morgan fingerprint density at radius 3 is 2.32 bits per heavy atom. The van der Waals surface area contributed by atoms with Crippen LogP contribution in [0.2, 0.25) is 0 Å². The van der Waals surface area contributed by atoms with Gasteiger partial charge in [-0.25, -0.2) is 9.91 Å². The van der Waals surface area contributed by atoms with E-state index in [4.69, 9.17) is 4.74 Å². The first-order valence-corrected chi connectivity index (χ1v) is 11.0. The number of rotatable bonds is 5. The molecule has 0 spiro atoms. The van der Waals surface area contributed by atoms with Crippen molar-refractivity contribution in [2.45, 2.75) is 18.6 Å². The molecule has 8 nitrogen and oxygen atoms in total. The predicted octanol–water partition coefficient (Wildman–Crippen LogP) is 3.83. The minimum atomic E-state index is -4.70.